The van der Waals surface area contributed by atoms with Crippen molar-refractivity contribution in [3.8, 4) is 34.1 Å². The second-order valence-electron chi connectivity index (χ2n) is 7.48. The van der Waals surface area contributed by atoms with Gasteiger partial charge in [-0.25, -0.2) is 4.52 Å². The summed E-state index contributed by atoms with van der Waals surface area (Å²) in [6.07, 6.45) is 3.39. The van der Waals surface area contributed by atoms with Gasteiger partial charge in [0, 0.05) is 24.0 Å². The summed E-state index contributed by atoms with van der Waals surface area (Å²) in [6, 6.07) is 15.1. The van der Waals surface area contributed by atoms with Crippen LogP contribution < -0.4 is 15.0 Å². The van der Waals surface area contributed by atoms with Gasteiger partial charge in [0.2, 0.25) is 11.7 Å². The average Bonchev–Trinajstić information content (AvgIpc) is 3.48. The topological polar surface area (TPSA) is 96.7 Å². The summed E-state index contributed by atoms with van der Waals surface area (Å²) in [5.74, 6) is 1.88. The van der Waals surface area contributed by atoms with Gasteiger partial charge in [-0.15, -0.1) is 0 Å². The number of methoxy groups -OCH3 is 2. The summed E-state index contributed by atoms with van der Waals surface area (Å²) >= 11 is 0. The van der Waals surface area contributed by atoms with E-state index >= 15 is 0 Å². The van der Waals surface area contributed by atoms with Gasteiger partial charge in [-0.1, -0.05) is 29.4 Å². The number of fused-ring (bicyclic) bond motifs is 1. The van der Waals surface area contributed by atoms with Crippen LogP contribution in [0.1, 0.15) is 11.5 Å². The van der Waals surface area contributed by atoms with Crippen LogP contribution in [0, 0.1) is 6.92 Å². The normalized spacial score (nSPS) is 11.1. The third kappa shape index (κ3) is 3.73. The average molecular weight is 443 g/mol. The number of ether oxygens (including phenoxy) is 2. The molecule has 5 aromatic rings. The zero-order chi connectivity index (χ0) is 22.9. The summed E-state index contributed by atoms with van der Waals surface area (Å²) < 4.78 is 19.2. The second-order valence-corrected chi connectivity index (χ2v) is 7.48. The van der Waals surface area contributed by atoms with Gasteiger partial charge in [0.25, 0.3) is 5.56 Å². The smallest absolute Gasteiger partial charge is 0.277 e. The van der Waals surface area contributed by atoms with Gasteiger partial charge in [0.05, 0.1) is 25.5 Å². The Balaban J connectivity index is 1.46. The van der Waals surface area contributed by atoms with Gasteiger partial charge in [0.15, 0.2) is 0 Å². The minimum atomic E-state index is -0.202. The zero-order valence-electron chi connectivity index (χ0n) is 18.3. The fourth-order valence-corrected chi connectivity index (χ4v) is 3.70. The fourth-order valence-electron chi connectivity index (χ4n) is 3.70. The summed E-state index contributed by atoms with van der Waals surface area (Å²) in [6.45, 7) is 2.15. The summed E-state index contributed by atoms with van der Waals surface area (Å²) in [5, 5.41) is 8.61. The molecule has 0 aliphatic heterocycles. The molecule has 0 spiro atoms. The molecule has 5 rings (SSSR count). The number of aromatic nitrogens is 5. The molecule has 0 fully saturated rings. The molecule has 3 aromatic heterocycles. The van der Waals surface area contributed by atoms with E-state index in [9.17, 15) is 4.79 Å². The van der Waals surface area contributed by atoms with Gasteiger partial charge in [-0.05, 0) is 30.7 Å². The molecule has 3 heterocycles. The molecule has 0 N–H and O–H groups in total. The lowest BCUT2D eigenvalue weighted by Crippen LogP contribution is -2.21. The fraction of sp³-hybridized carbons (Fsp3) is 0.167. The van der Waals surface area contributed by atoms with Gasteiger partial charge in [0.1, 0.15) is 23.6 Å². The Kier molecular flexibility index (Phi) is 5.14. The number of nitrogens with zero attached hydrogens (tertiary/aromatic N) is 5. The van der Waals surface area contributed by atoms with Crippen LogP contribution in [0.15, 0.2) is 70.2 Å². The quantitative estimate of drug-likeness (QED) is 0.396. The molecule has 0 radical (unpaired) electrons. The predicted molar refractivity (Wildman–Crippen MR) is 122 cm³/mol. The lowest BCUT2D eigenvalue weighted by molar-refractivity contribution is 0.369. The Morgan fingerprint density at radius 1 is 1.00 bits per heavy atom. The van der Waals surface area contributed by atoms with Crippen LogP contribution in [0.3, 0.4) is 0 Å². The number of aryl methyl sites for hydroxylation is 1. The molecule has 0 atom stereocenters. The van der Waals surface area contributed by atoms with E-state index in [0.29, 0.717) is 34.3 Å². The highest BCUT2D eigenvalue weighted by molar-refractivity contribution is 5.68. The monoisotopic (exact) mass is 443 g/mol. The minimum absolute atomic E-state index is 0.131. The van der Waals surface area contributed by atoms with E-state index in [-0.39, 0.29) is 12.1 Å². The van der Waals surface area contributed by atoms with Crippen molar-refractivity contribution >= 4 is 5.52 Å². The molecule has 0 amide bonds. The minimum Gasteiger partial charge on any atom is -0.497 e. The van der Waals surface area contributed by atoms with E-state index in [2.05, 4.69) is 15.2 Å². The van der Waals surface area contributed by atoms with Crippen LogP contribution in [0.4, 0.5) is 0 Å². The van der Waals surface area contributed by atoms with E-state index in [1.54, 1.807) is 55.4 Å². The van der Waals surface area contributed by atoms with Crippen molar-refractivity contribution < 1.29 is 14.0 Å². The first-order chi connectivity index (χ1) is 16.1. The maximum Gasteiger partial charge on any atom is 0.277 e. The standard InChI is InChI=1S/C24H21N5O4/c1-15-6-4-5-7-17(15)19-13-20-24(30)28(10-11-29(20)26-19)14-22-25-23(27-33-22)18-9-8-16(31-2)12-21(18)32-3/h4-13H,14H2,1-3H3. The van der Waals surface area contributed by atoms with Crippen LogP contribution in [-0.2, 0) is 6.54 Å². The molecule has 2 aromatic carbocycles. The highest BCUT2D eigenvalue weighted by atomic mass is 16.5. The molecule has 0 saturated heterocycles. The molecule has 33 heavy (non-hydrogen) atoms. The van der Waals surface area contributed by atoms with Crippen LogP contribution >= 0.6 is 0 Å². The molecule has 9 heteroatoms. The van der Waals surface area contributed by atoms with E-state index in [0.717, 1.165) is 16.8 Å². The van der Waals surface area contributed by atoms with Crippen molar-refractivity contribution in [1.82, 2.24) is 24.3 Å². The molecular weight excluding hydrogens is 422 g/mol. The van der Waals surface area contributed by atoms with Gasteiger partial charge >= 0.3 is 0 Å². The lowest BCUT2D eigenvalue weighted by atomic mass is 10.1. The van der Waals surface area contributed by atoms with Crippen LogP contribution in [0.5, 0.6) is 11.5 Å². The third-order valence-corrected chi connectivity index (χ3v) is 5.45. The van der Waals surface area contributed by atoms with Crippen molar-refractivity contribution in [2.24, 2.45) is 0 Å². The SMILES string of the molecule is COc1ccc(-c2noc(Cn3ccn4nc(-c5ccccc5C)cc4c3=O)n2)c(OC)c1. The Labute approximate surface area is 188 Å². The Bertz CT molecular complexity index is 1520. The summed E-state index contributed by atoms with van der Waals surface area (Å²) in [7, 11) is 3.14. The Morgan fingerprint density at radius 2 is 1.85 bits per heavy atom. The zero-order valence-corrected chi connectivity index (χ0v) is 18.3. The molecule has 0 saturated carbocycles. The number of rotatable bonds is 6. The highest BCUT2D eigenvalue weighted by Crippen LogP contribution is 2.31. The third-order valence-electron chi connectivity index (χ3n) is 5.45. The first kappa shape index (κ1) is 20.5. The number of hydrogen-bond acceptors (Lipinski definition) is 7. The highest BCUT2D eigenvalue weighted by Gasteiger charge is 2.16. The molecule has 0 unspecified atom stereocenters. The Morgan fingerprint density at radius 3 is 2.64 bits per heavy atom. The summed E-state index contributed by atoms with van der Waals surface area (Å²) in [5.41, 5.74) is 3.75. The first-order valence-corrected chi connectivity index (χ1v) is 10.3. The van der Waals surface area contributed by atoms with Crippen molar-refractivity contribution in [2.45, 2.75) is 13.5 Å². The number of benzene rings is 2. The lowest BCUT2D eigenvalue weighted by Gasteiger charge is -2.07. The molecule has 0 aliphatic rings. The molecular formula is C24H21N5O4. The number of hydrogen-bond donors (Lipinski definition) is 0. The van der Waals surface area contributed by atoms with Crippen molar-refractivity contribution in [1.29, 1.82) is 0 Å². The van der Waals surface area contributed by atoms with E-state index < -0.39 is 0 Å². The van der Waals surface area contributed by atoms with Crippen molar-refractivity contribution in [2.75, 3.05) is 14.2 Å². The van der Waals surface area contributed by atoms with Gasteiger partial charge < -0.3 is 18.6 Å². The van der Waals surface area contributed by atoms with Gasteiger partial charge in [-0.3, -0.25) is 4.79 Å². The van der Waals surface area contributed by atoms with E-state index in [1.807, 2.05) is 31.2 Å². The van der Waals surface area contributed by atoms with Crippen LogP contribution in [0.25, 0.3) is 28.2 Å². The Hall–Kier alpha value is -4.40. The van der Waals surface area contributed by atoms with Crippen LogP contribution in [0.2, 0.25) is 0 Å². The van der Waals surface area contributed by atoms with Crippen LogP contribution in [-0.4, -0.2) is 38.5 Å². The second kappa shape index (κ2) is 8.27. The molecule has 0 bridgehead atoms. The first-order valence-electron chi connectivity index (χ1n) is 10.3. The predicted octanol–water partition coefficient (Wildman–Crippen LogP) is 3.59. The van der Waals surface area contributed by atoms with E-state index in [1.165, 1.54) is 4.57 Å². The van der Waals surface area contributed by atoms with Crippen molar-refractivity contribution in [3.63, 3.8) is 0 Å². The molecule has 0 aliphatic carbocycles. The van der Waals surface area contributed by atoms with Crippen molar-refractivity contribution in [3.05, 3.63) is 82.7 Å². The molecule has 166 valence electrons. The largest absolute Gasteiger partial charge is 0.497 e. The summed E-state index contributed by atoms with van der Waals surface area (Å²) in [4.78, 5) is 17.5. The molecule has 9 nitrogen and oxygen atoms in total. The van der Waals surface area contributed by atoms with E-state index in [4.69, 9.17) is 14.0 Å². The maximum absolute atomic E-state index is 13.1. The van der Waals surface area contributed by atoms with Gasteiger partial charge in [-0.2, -0.15) is 10.1 Å². The maximum atomic E-state index is 13.1.